The summed E-state index contributed by atoms with van der Waals surface area (Å²) in [6, 6.07) is 6.71. The molecule has 0 fully saturated rings. The Bertz CT molecular complexity index is 491. The summed E-state index contributed by atoms with van der Waals surface area (Å²) in [4.78, 5) is 11.9. The number of carbonyl (C=O) groups excluding carboxylic acids is 1. The number of halogens is 1. The van der Waals surface area contributed by atoms with Crippen LogP contribution in [0.4, 0.5) is 5.69 Å². The standard InChI is InChI=1S/C11H8BrNO2/c12-10-5-8(13)1-2-9(10)11(14)7-3-4-15-6-7/h1-6H,13H2. The van der Waals surface area contributed by atoms with Gasteiger partial charge in [-0.25, -0.2) is 0 Å². The monoisotopic (exact) mass is 265 g/mol. The van der Waals surface area contributed by atoms with Gasteiger partial charge in [0, 0.05) is 15.7 Å². The number of nitrogen functional groups attached to an aromatic ring is 1. The first-order chi connectivity index (χ1) is 7.18. The molecule has 0 aliphatic heterocycles. The van der Waals surface area contributed by atoms with Gasteiger partial charge in [-0.15, -0.1) is 0 Å². The second-order valence-corrected chi connectivity index (χ2v) is 3.93. The highest BCUT2D eigenvalue weighted by Crippen LogP contribution is 2.22. The molecule has 1 heterocycles. The quantitative estimate of drug-likeness (QED) is 0.671. The number of hydrogen-bond acceptors (Lipinski definition) is 3. The summed E-state index contributed by atoms with van der Waals surface area (Å²) in [6.45, 7) is 0. The van der Waals surface area contributed by atoms with Crippen molar-refractivity contribution in [1.82, 2.24) is 0 Å². The Labute approximate surface area is 95.0 Å². The molecule has 0 saturated heterocycles. The Hall–Kier alpha value is -1.55. The molecule has 0 atom stereocenters. The minimum atomic E-state index is -0.0874. The molecule has 0 saturated carbocycles. The first-order valence-electron chi connectivity index (χ1n) is 4.30. The lowest BCUT2D eigenvalue weighted by Gasteiger charge is -2.02. The molecular formula is C11H8BrNO2. The molecule has 2 aromatic rings. The molecule has 0 amide bonds. The van der Waals surface area contributed by atoms with Crippen LogP contribution in [-0.4, -0.2) is 5.78 Å². The second-order valence-electron chi connectivity index (χ2n) is 3.08. The third-order valence-corrected chi connectivity index (χ3v) is 2.68. The summed E-state index contributed by atoms with van der Waals surface area (Å²) >= 11 is 3.30. The molecule has 0 bridgehead atoms. The van der Waals surface area contributed by atoms with E-state index in [1.54, 1.807) is 24.3 Å². The predicted octanol–water partition coefficient (Wildman–Crippen LogP) is 2.86. The first-order valence-corrected chi connectivity index (χ1v) is 5.09. The third-order valence-electron chi connectivity index (χ3n) is 2.02. The minimum absolute atomic E-state index is 0.0874. The van der Waals surface area contributed by atoms with Crippen LogP contribution in [0.1, 0.15) is 15.9 Å². The molecule has 0 aliphatic carbocycles. The van der Waals surface area contributed by atoms with E-state index in [1.807, 2.05) is 0 Å². The zero-order valence-corrected chi connectivity index (χ0v) is 9.32. The van der Waals surface area contributed by atoms with E-state index in [9.17, 15) is 4.79 Å². The second kappa shape index (κ2) is 3.90. The number of ketones is 1. The SMILES string of the molecule is Nc1ccc(C(=O)c2ccoc2)c(Br)c1. The van der Waals surface area contributed by atoms with Crippen molar-refractivity contribution in [2.45, 2.75) is 0 Å². The van der Waals surface area contributed by atoms with Gasteiger partial charge >= 0.3 is 0 Å². The van der Waals surface area contributed by atoms with Crippen LogP contribution in [0.25, 0.3) is 0 Å². The topological polar surface area (TPSA) is 56.2 Å². The van der Waals surface area contributed by atoms with Crippen LogP contribution >= 0.6 is 15.9 Å². The summed E-state index contributed by atoms with van der Waals surface area (Å²) in [5.74, 6) is -0.0874. The van der Waals surface area contributed by atoms with Gasteiger partial charge in [-0.3, -0.25) is 4.79 Å². The average molecular weight is 266 g/mol. The van der Waals surface area contributed by atoms with E-state index in [4.69, 9.17) is 10.2 Å². The van der Waals surface area contributed by atoms with Crippen molar-refractivity contribution in [2.75, 3.05) is 5.73 Å². The number of carbonyl (C=O) groups is 1. The van der Waals surface area contributed by atoms with Crippen molar-refractivity contribution in [1.29, 1.82) is 0 Å². The minimum Gasteiger partial charge on any atom is -0.472 e. The van der Waals surface area contributed by atoms with Gasteiger partial charge in [-0.1, -0.05) is 0 Å². The Kier molecular flexibility index (Phi) is 2.60. The number of rotatable bonds is 2. The summed E-state index contributed by atoms with van der Waals surface area (Å²) < 4.78 is 5.55. The highest BCUT2D eigenvalue weighted by Gasteiger charge is 2.13. The summed E-state index contributed by atoms with van der Waals surface area (Å²) in [6.07, 6.45) is 2.89. The molecule has 1 aromatic carbocycles. The number of anilines is 1. The zero-order chi connectivity index (χ0) is 10.8. The van der Waals surface area contributed by atoms with Gasteiger partial charge in [-0.05, 0) is 40.2 Å². The smallest absolute Gasteiger partial charge is 0.197 e. The highest BCUT2D eigenvalue weighted by molar-refractivity contribution is 9.10. The number of benzene rings is 1. The molecule has 4 heteroatoms. The van der Waals surface area contributed by atoms with Crippen molar-refractivity contribution in [3.8, 4) is 0 Å². The molecule has 2 N–H and O–H groups in total. The van der Waals surface area contributed by atoms with Crippen molar-refractivity contribution >= 4 is 27.4 Å². The Balaban J connectivity index is 2.42. The molecular weight excluding hydrogens is 258 g/mol. The van der Waals surface area contributed by atoms with Gasteiger partial charge in [-0.2, -0.15) is 0 Å². The van der Waals surface area contributed by atoms with Crippen molar-refractivity contribution in [3.05, 3.63) is 52.4 Å². The van der Waals surface area contributed by atoms with Crippen molar-refractivity contribution in [2.24, 2.45) is 0 Å². The van der Waals surface area contributed by atoms with Gasteiger partial charge in [0.1, 0.15) is 6.26 Å². The fourth-order valence-corrected chi connectivity index (χ4v) is 1.84. The summed E-state index contributed by atoms with van der Waals surface area (Å²) in [5.41, 5.74) is 7.31. The molecule has 1 aromatic heterocycles. The average Bonchev–Trinajstić information content (AvgIpc) is 2.69. The van der Waals surface area contributed by atoms with E-state index in [0.717, 1.165) is 0 Å². The van der Waals surface area contributed by atoms with Crippen LogP contribution in [0.3, 0.4) is 0 Å². The highest BCUT2D eigenvalue weighted by atomic mass is 79.9. The van der Waals surface area contributed by atoms with Crippen LogP contribution in [-0.2, 0) is 0 Å². The Morgan fingerprint density at radius 3 is 2.73 bits per heavy atom. The molecule has 0 unspecified atom stereocenters. The summed E-state index contributed by atoms with van der Waals surface area (Å²) in [7, 11) is 0. The van der Waals surface area contributed by atoms with E-state index < -0.39 is 0 Å². The summed E-state index contributed by atoms with van der Waals surface area (Å²) in [5, 5.41) is 0. The van der Waals surface area contributed by atoms with Crippen LogP contribution in [0.15, 0.2) is 45.7 Å². The third kappa shape index (κ3) is 1.94. The molecule has 0 aliphatic rings. The first kappa shape index (κ1) is 9.98. The molecule has 0 spiro atoms. The molecule has 0 radical (unpaired) electrons. The predicted molar refractivity (Wildman–Crippen MR) is 60.7 cm³/mol. The lowest BCUT2D eigenvalue weighted by atomic mass is 10.1. The van der Waals surface area contributed by atoms with Gasteiger partial charge in [0.05, 0.1) is 11.8 Å². The molecule has 76 valence electrons. The fraction of sp³-hybridized carbons (Fsp3) is 0. The number of nitrogens with two attached hydrogens (primary N) is 1. The van der Waals surface area contributed by atoms with E-state index in [0.29, 0.717) is 21.3 Å². The van der Waals surface area contributed by atoms with Crippen LogP contribution < -0.4 is 5.73 Å². The zero-order valence-electron chi connectivity index (χ0n) is 7.74. The molecule has 15 heavy (non-hydrogen) atoms. The number of hydrogen-bond donors (Lipinski definition) is 1. The fourth-order valence-electron chi connectivity index (χ4n) is 1.26. The van der Waals surface area contributed by atoms with Gasteiger partial charge in [0.15, 0.2) is 5.78 Å². The lowest BCUT2D eigenvalue weighted by molar-refractivity contribution is 0.103. The van der Waals surface area contributed by atoms with E-state index in [2.05, 4.69) is 15.9 Å². The number of furan rings is 1. The van der Waals surface area contributed by atoms with Crippen LogP contribution in [0.5, 0.6) is 0 Å². The van der Waals surface area contributed by atoms with Gasteiger partial charge in [0.2, 0.25) is 0 Å². The molecule has 3 nitrogen and oxygen atoms in total. The maximum Gasteiger partial charge on any atom is 0.197 e. The normalized spacial score (nSPS) is 10.2. The Morgan fingerprint density at radius 1 is 1.33 bits per heavy atom. The maximum atomic E-state index is 11.9. The maximum absolute atomic E-state index is 11.9. The van der Waals surface area contributed by atoms with Gasteiger partial charge in [0.25, 0.3) is 0 Å². The van der Waals surface area contributed by atoms with E-state index in [1.165, 1.54) is 12.5 Å². The largest absolute Gasteiger partial charge is 0.472 e. The van der Waals surface area contributed by atoms with Crippen LogP contribution in [0, 0.1) is 0 Å². The van der Waals surface area contributed by atoms with Crippen molar-refractivity contribution < 1.29 is 9.21 Å². The molecule has 2 rings (SSSR count). The Morgan fingerprint density at radius 2 is 2.13 bits per heavy atom. The van der Waals surface area contributed by atoms with Gasteiger partial charge < -0.3 is 10.2 Å². The van der Waals surface area contributed by atoms with E-state index >= 15 is 0 Å². The van der Waals surface area contributed by atoms with Crippen molar-refractivity contribution in [3.63, 3.8) is 0 Å². The van der Waals surface area contributed by atoms with Crippen LogP contribution in [0.2, 0.25) is 0 Å². The van der Waals surface area contributed by atoms with E-state index in [-0.39, 0.29) is 5.78 Å². The lowest BCUT2D eigenvalue weighted by Crippen LogP contribution is -2.01.